The normalized spacial score (nSPS) is 11.3. The average Bonchev–Trinajstić information content (AvgIpc) is 2.61. The van der Waals surface area contributed by atoms with E-state index < -0.39 is 7.82 Å². The van der Waals surface area contributed by atoms with Gasteiger partial charge in [0.25, 0.3) is 0 Å². The zero-order valence-electron chi connectivity index (χ0n) is 14.6. The van der Waals surface area contributed by atoms with Gasteiger partial charge in [0.2, 0.25) is 0 Å². The van der Waals surface area contributed by atoms with Gasteiger partial charge < -0.3 is 9.78 Å². The fourth-order valence-corrected chi connectivity index (χ4v) is 2.56. The molecule has 2 aromatic rings. The molecule has 0 bridgehead atoms. The largest absolute Gasteiger partial charge is 0.547 e. The van der Waals surface area contributed by atoms with Crippen LogP contribution in [0.15, 0.2) is 48.5 Å². The summed E-state index contributed by atoms with van der Waals surface area (Å²) in [6.07, 6.45) is 1.57. The van der Waals surface area contributed by atoms with Crippen LogP contribution in [0.25, 0.3) is 0 Å². The van der Waals surface area contributed by atoms with E-state index >= 15 is 0 Å². The summed E-state index contributed by atoms with van der Waals surface area (Å²) in [5.74, 6) is 0.757. The Kier molecular flexibility index (Phi) is 7.47. The fraction of sp³-hybridized carbons (Fsp3) is 0.333. The summed E-state index contributed by atoms with van der Waals surface area (Å²) in [7, 11) is -4.05. The maximum atomic E-state index is 12.7. The number of aryl methyl sites for hydroxylation is 2. The molecule has 0 aromatic heterocycles. The van der Waals surface area contributed by atoms with Crippen LogP contribution in [-0.4, -0.2) is 6.61 Å². The third kappa shape index (κ3) is 6.88. The maximum Gasteiger partial charge on any atom is 0.547 e. The molecule has 2 rings (SSSR count). The van der Waals surface area contributed by atoms with Crippen molar-refractivity contribution in [1.82, 2.24) is 0 Å². The van der Waals surface area contributed by atoms with E-state index in [0.29, 0.717) is 17.9 Å². The van der Waals surface area contributed by atoms with Gasteiger partial charge >= 0.3 is 7.82 Å². The Morgan fingerprint density at radius 2 is 1.24 bits per heavy atom. The van der Waals surface area contributed by atoms with Crippen molar-refractivity contribution in [2.75, 3.05) is 6.61 Å². The lowest BCUT2D eigenvalue weighted by molar-refractivity contribution is -0.192. The molecule has 0 atom stereocenters. The fourth-order valence-electron chi connectivity index (χ4n) is 1.74. The standard InChI is InChI=1S/C18H23O6P/c1-4-5-14-20-25(19,23-21-17-10-6-15(2)7-11-17)24-22-18-12-8-16(3)9-13-18/h6-13H,4-5,14H2,1-3H3. The van der Waals surface area contributed by atoms with Crippen LogP contribution in [0, 0.1) is 13.8 Å². The summed E-state index contributed by atoms with van der Waals surface area (Å²) in [6.45, 7) is 6.08. The SMILES string of the molecule is CCCCOP(=O)(OOc1ccc(C)cc1)OOc1ccc(C)cc1. The van der Waals surface area contributed by atoms with E-state index in [2.05, 4.69) is 0 Å². The lowest BCUT2D eigenvalue weighted by atomic mass is 10.2. The molecule has 0 unspecified atom stereocenters. The molecule has 0 radical (unpaired) electrons. The van der Waals surface area contributed by atoms with Gasteiger partial charge in [-0.25, -0.2) is 4.57 Å². The number of phosphoric acid groups is 1. The molecule has 25 heavy (non-hydrogen) atoms. The zero-order chi connectivity index (χ0) is 18.1. The lowest BCUT2D eigenvalue weighted by Crippen LogP contribution is -2.06. The van der Waals surface area contributed by atoms with Crippen LogP contribution in [0.1, 0.15) is 30.9 Å². The van der Waals surface area contributed by atoms with Gasteiger partial charge in [-0.3, -0.25) is 4.52 Å². The van der Waals surface area contributed by atoms with Crippen LogP contribution >= 0.6 is 7.82 Å². The quantitative estimate of drug-likeness (QED) is 0.238. The molecule has 0 aliphatic heterocycles. The zero-order valence-corrected chi connectivity index (χ0v) is 15.5. The summed E-state index contributed by atoms with van der Waals surface area (Å²) in [6, 6.07) is 14.1. The molecular weight excluding hydrogens is 343 g/mol. The van der Waals surface area contributed by atoms with Crippen molar-refractivity contribution in [3.8, 4) is 11.5 Å². The predicted octanol–water partition coefficient (Wildman–Crippen LogP) is 5.55. The van der Waals surface area contributed by atoms with E-state index in [1.54, 1.807) is 24.3 Å². The molecule has 136 valence electrons. The lowest BCUT2D eigenvalue weighted by Gasteiger charge is -2.16. The summed E-state index contributed by atoms with van der Waals surface area (Å²) >= 11 is 0. The molecule has 0 spiro atoms. The van der Waals surface area contributed by atoms with E-state index in [1.807, 2.05) is 45.0 Å². The number of hydrogen-bond donors (Lipinski definition) is 0. The third-order valence-electron chi connectivity index (χ3n) is 3.24. The van der Waals surface area contributed by atoms with Gasteiger partial charge in [-0.1, -0.05) is 58.1 Å². The molecule has 0 saturated carbocycles. The van der Waals surface area contributed by atoms with E-state index in [-0.39, 0.29) is 6.61 Å². The van der Waals surface area contributed by atoms with Crippen LogP contribution < -0.4 is 9.78 Å². The van der Waals surface area contributed by atoms with E-state index in [0.717, 1.165) is 17.5 Å². The number of unbranched alkanes of at least 4 members (excludes halogenated alkanes) is 1. The summed E-state index contributed by atoms with van der Waals surface area (Å²) in [5.41, 5.74) is 2.13. The van der Waals surface area contributed by atoms with Crippen LogP contribution in [0.4, 0.5) is 0 Å². The highest BCUT2D eigenvalue weighted by Crippen LogP contribution is 2.50. The predicted molar refractivity (Wildman–Crippen MR) is 94.3 cm³/mol. The minimum absolute atomic E-state index is 0.197. The second-order valence-electron chi connectivity index (χ2n) is 5.58. The first-order valence-corrected chi connectivity index (χ1v) is 9.57. The van der Waals surface area contributed by atoms with Gasteiger partial charge in [0.05, 0.1) is 6.61 Å². The Labute approximate surface area is 148 Å². The minimum Gasteiger partial charge on any atom is -0.327 e. The molecule has 0 amide bonds. The van der Waals surface area contributed by atoms with Crippen molar-refractivity contribution in [3.05, 3.63) is 59.7 Å². The summed E-state index contributed by atoms with van der Waals surface area (Å²) < 4.78 is 27.7. The molecular formula is C18H23O6P. The number of rotatable bonds is 10. The summed E-state index contributed by atoms with van der Waals surface area (Å²) in [5, 5.41) is 0. The topological polar surface area (TPSA) is 63.2 Å². The highest BCUT2D eigenvalue weighted by Gasteiger charge is 2.32. The van der Waals surface area contributed by atoms with Crippen LogP contribution in [0.2, 0.25) is 0 Å². The van der Waals surface area contributed by atoms with Gasteiger partial charge in [0.15, 0.2) is 11.5 Å². The number of hydrogen-bond acceptors (Lipinski definition) is 6. The van der Waals surface area contributed by atoms with Gasteiger partial charge in [-0.2, -0.15) is 0 Å². The highest BCUT2D eigenvalue weighted by molar-refractivity contribution is 7.48. The minimum atomic E-state index is -4.05. The van der Waals surface area contributed by atoms with Crippen LogP contribution in [0.5, 0.6) is 11.5 Å². The third-order valence-corrected chi connectivity index (χ3v) is 4.25. The average molecular weight is 366 g/mol. The molecule has 0 saturated heterocycles. The van der Waals surface area contributed by atoms with Gasteiger partial charge in [-0.05, 0) is 44.5 Å². The number of benzene rings is 2. The van der Waals surface area contributed by atoms with Crippen LogP contribution in [0.3, 0.4) is 0 Å². The molecule has 0 aliphatic carbocycles. The summed E-state index contributed by atoms with van der Waals surface area (Å²) in [4.78, 5) is 10.1. The smallest absolute Gasteiger partial charge is 0.327 e. The second kappa shape index (κ2) is 9.59. The van der Waals surface area contributed by atoms with E-state index in [4.69, 9.17) is 23.6 Å². The first kappa shape index (κ1) is 19.5. The molecule has 0 N–H and O–H groups in total. The molecule has 0 heterocycles. The molecule has 7 heteroatoms. The van der Waals surface area contributed by atoms with E-state index in [1.165, 1.54) is 0 Å². The van der Waals surface area contributed by atoms with E-state index in [9.17, 15) is 4.57 Å². The van der Waals surface area contributed by atoms with Crippen molar-refractivity contribution in [2.24, 2.45) is 0 Å². The van der Waals surface area contributed by atoms with Crippen molar-refractivity contribution >= 4 is 7.82 Å². The molecule has 0 fully saturated rings. The maximum absolute atomic E-state index is 12.7. The van der Waals surface area contributed by atoms with Crippen LogP contribution in [-0.2, 0) is 18.4 Å². The highest BCUT2D eigenvalue weighted by atomic mass is 31.2. The van der Waals surface area contributed by atoms with Crippen molar-refractivity contribution in [1.29, 1.82) is 0 Å². The Bertz CT molecular complexity index is 630. The van der Waals surface area contributed by atoms with Crippen molar-refractivity contribution < 1.29 is 28.2 Å². The first-order valence-electron chi connectivity index (χ1n) is 8.11. The molecule has 2 aromatic carbocycles. The van der Waals surface area contributed by atoms with Gasteiger partial charge in [0, 0.05) is 0 Å². The van der Waals surface area contributed by atoms with Crippen molar-refractivity contribution in [3.63, 3.8) is 0 Å². The Morgan fingerprint density at radius 1 is 0.800 bits per heavy atom. The van der Waals surface area contributed by atoms with Gasteiger partial charge in [0.1, 0.15) is 0 Å². The Hall–Kier alpha value is -1.85. The first-order chi connectivity index (χ1) is 12.0. The second-order valence-corrected chi connectivity index (χ2v) is 7.03. The molecule has 0 aliphatic rings. The Morgan fingerprint density at radius 3 is 1.64 bits per heavy atom. The van der Waals surface area contributed by atoms with Crippen molar-refractivity contribution in [2.45, 2.75) is 33.6 Å². The molecule has 6 nitrogen and oxygen atoms in total. The monoisotopic (exact) mass is 366 g/mol. The van der Waals surface area contributed by atoms with Gasteiger partial charge in [-0.15, -0.1) is 0 Å². The Balaban J connectivity index is 1.97.